The fourth-order valence-corrected chi connectivity index (χ4v) is 4.74. The molecule has 3 aromatic carbocycles. The highest BCUT2D eigenvalue weighted by atomic mass is 32.2. The van der Waals surface area contributed by atoms with Gasteiger partial charge in [-0.1, -0.05) is 12.1 Å². The SMILES string of the molecule is CCOC(=O)c1ccccc1[S+](c1ccc(F)cc1)c1ccc(F)cc1. The summed E-state index contributed by atoms with van der Waals surface area (Å²) in [4.78, 5) is 14.8. The summed E-state index contributed by atoms with van der Waals surface area (Å²) in [5, 5.41) is 0. The molecular weight excluding hydrogens is 354 g/mol. The lowest BCUT2D eigenvalue weighted by molar-refractivity contribution is 0.0522. The molecule has 0 aliphatic heterocycles. The van der Waals surface area contributed by atoms with Crippen LogP contribution in [-0.2, 0) is 15.6 Å². The van der Waals surface area contributed by atoms with Crippen molar-refractivity contribution in [3.63, 3.8) is 0 Å². The van der Waals surface area contributed by atoms with Crippen molar-refractivity contribution in [2.24, 2.45) is 0 Å². The minimum absolute atomic E-state index is 0.272. The van der Waals surface area contributed by atoms with Gasteiger partial charge in [0.25, 0.3) is 0 Å². The first-order valence-corrected chi connectivity index (χ1v) is 9.34. The van der Waals surface area contributed by atoms with E-state index in [0.717, 1.165) is 14.7 Å². The molecular formula is C21H17F2O2S+. The molecule has 0 atom stereocenters. The number of hydrogen-bond acceptors (Lipinski definition) is 2. The number of benzene rings is 3. The summed E-state index contributed by atoms with van der Waals surface area (Å²) in [6.45, 7) is 2.02. The number of esters is 1. The highest BCUT2D eigenvalue weighted by Crippen LogP contribution is 2.33. The van der Waals surface area contributed by atoms with E-state index in [9.17, 15) is 13.6 Å². The van der Waals surface area contributed by atoms with Gasteiger partial charge < -0.3 is 4.74 Å². The van der Waals surface area contributed by atoms with Crippen molar-refractivity contribution in [1.82, 2.24) is 0 Å². The Morgan fingerprint density at radius 2 is 1.35 bits per heavy atom. The number of carbonyl (C=O) groups excluding carboxylic acids is 1. The molecule has 0 radical (unpaired) electrons. The Bertz CT molecular complexity index is 847. The lowest BCUT2D eigenvalue weighted by Crippen LogP contribution is -2.13. The van der Waals surface area contributed by atoms with E-state index in [1.54, 1.807) is 43.3 Å². The first-order valence-electron chi connectivity index (χ1n) is 8.11. The van der Waals surface area contributed by atoms with Crippen LogP contribution in [0.1, 0.15) is 17.3 Å². The van der Waals surface area contributed by atoms with E-state index < -0.39 is 16.9 Å². The van der Waals surface area contributed by atoms with Crippen molar-refractivity contribution in [2.45, 2.75) is 21.6 Å². The lowest BCUT2D eigenvalue weighted by atomic mass is 10.2. The maximum absolute atomic E-state index is 13.4. The van der Waals surface area contributed by atoms with Crippen molar-refractivity contribution in [3.8, 4) is 0 Å². The second-order valence-electron chi connectivity index (χ2n) is 5.43. The van der Waals surface area contributed by atoms with Crippen molar-refractivity contribution >= 4 is 16.9 Å². The van der Waals surface area contributed by atoms with Gasteiger partial charge in [0.05, 0.1) is 6.61 Å². The predicted octanol–water partition coefficient (Wildman–Crippen LogP) is 5.24. The molecule has 0 amide bonds. The topological polar surface area (TPSA) is 26.3 Å². The number of hydrogen-bond donors (Lipinski definition) is 0. The monoisotopic (exact) mass is 371 g/mol. The van der Waals surface area contributed by atoms with E-state index >= 15 is 0 Å². The van der Waals surface area contributed by atoms with Crippen molar-refractivity contribution in [3.05, 3.63) is 90.0 Å². The Hall–Kier alpha value is -2.66. The Kier molecular flexibility index (Phi) is 5.68. The maximum atomic E-state index is 13.4. The first-order chi connectivity index (χ1) is 12.6. The van der Waals surface area contributed by atoms with Crippen molar-refractivity contribution in [2.75, 3.05) is 6.61 Å². The van der Waals surface area contributed by atoms with Crippen LogP contribution in [0.4, 0.5) is 8.78 Å². The molecule has 26 heavy (non-hydrogen) atoms. The fourth-order valence-electron chi connectivity index (χ4n) is 2.55. The van der Waals surface area contributed by atoms with Gasteiger partial charge in [0.1, 0.15) is 28.1 Å². The smallest absolute Gasteiger partial charge is 0.343 e. The average molecular weight is 371 g/mol. The molecule has 3 aromatic rings. The van der Waals surface area contributed by atoms with Gasteiger partial charge in [-0.2, -0.15) is 0 Å². The minimum atomic E-state index is -0.701. The number of halogens is 2. The van der Waals surface area contributed by atoms with E-state index in [0.29, 0.717) is 5.56 Å². The molecule has 5 heteroatoms. The van der Waals surface area contributed by atoms with E-state index in [4.69, 9.17) is 4.74 Å². The van der Waals surface area contributed by atoms with Gasteiger partial charge in [0, 0.05) is 0 Å². The van der Waals surface area contributed by atoms with Gasteiger partial charge in [0.2, 0.25) is 0 Å². The third-order valence-corrected chi connectivity index (χ3v) is 5.98. The molecule has 0 aromatic heterocycles. The van der Waals surface area contributed by atoms with Crippen molar-refractivity contribution < 1.29 is 18.3 Å². The Morgan fingerprint density at radius 3 is 1.85 bits per heavy atom. The summed E-state index contributed by atoms with van der Waals surface area (Å²) in [5.74, 6) is -1.09. The average Bonchev–Trinajstić information content (AvgIpc) is 2.66. The molecule has 0 saturated carbocycles. The number of carbonyl (C=O) groups is 1. The van der Waals surface area contributed by atoms with Gasteiger partial charge >= 0.3 is 5.97 Å². The van der Waals surface area contributed by atoms with Crippen LogP contribution in [0, 0.1) is 11.6 Å². The molecule has 0 heterocycles. The van der Waals surface area contributed by atoms with Gasteiger partial charge in [-0.05, 0) is 67.6 Å². The second kappa shape index (κ2) is 8.15. The molecule has 2 nitrogen and oxygen atoms in total. The fraction of sp³-hybridized carbons (Fsp3) is 0.0952. The van der Waals surface area contributed by atoms with Crippen LogP contribution in [0.5, 0.6) is 0 Å². The molecule has 3 rings (SSSR count). The van der Waals surface area contributed by atoms with Crippen LogP contribution in [0.25, 0.3) is 0 Å². The maximum Gasteiger partial charge on any atom is 0.343 e. The molecule has 0 aliphatic rings. The molecule has 0 spiro atoms. The van der Waals surface area contributed by atoms with Crippen LogP contribution in [0.15, 0.2) is 87.5 Å². The second-order valence-corrected chi connectivity index (χ2v) is 7.43. The molecule has 0 aliphatic carbocycles. The molecule has 0 unspecified atom stereocenters. The van der Waals surface area contributed by atoms with Crippen LogP contribution in [0.2, 0.25) is 0 Å². The van der Waals surface area contributed by atoms with Gasteiger partial charge in [-0.15, -0.1) is 0 Å². The molecule has 0 N–H and O–H groups in total. The van der Waals surface area contributed by atoms with E-state index in [1.807, 2.05) is 12.1 Å². The summed E-state index contributed by atoms with van der Waals surface area (Å²) in [7, 11) is -0.701. The largest absolute Gasteiger partial charge is 0.462 e. The zero-order valence-electron chi connectivity index (χ0n) is 14.1. The molecule has 0 saturated heterocycles. The lowest BCUT2D eigenvalue weighted by Gasteiger charge is -2.11. The summed E-state index contributed by atoms with van der Waals surface area (Å²) < 4.78 is 32.0. The Morgan fingerprint density at radius 1 is 0.846 bits per heavy atom. The molecule has 0 fully saturated rings. The van der Waals surface area contributed by atoms with Crippen molar-refractivity contribution in [1.29, 1.82) is 0 Å². The van der Waals surface area contributed by atoms with Crippen LogP contribution >= 0.6 is 0 Å². The Labute approximate surface area is 153 Å². The first kappa shape index (κ1) is 18.1. The van der Waals surface area contributed by atoms with E-state index in [1.165, 1.54) is 24.3 Å². The normalized spacial score (nSPS) is 10.8. The van der Waals surface area contributed by atoms with E-state index in [2.05, 4.69) is 0 Å². The Balaban J connectivity index is 2.17. The number of rotatable bonds is 5. The molecule has 0 bridgehead atoms. The highest BCUT2D eigenvalue weighted by molar-refractivity contribution is 7.97. The van der Waals surface area contributed by atoms with Gasteiger partial charge in [0.15, 0.2) is 14.7 Å². The van der Waals surface area contributed by atoms with E-state index in [-0.39, 0.29) is 18.2 Å². The summed E-state index contributed by atoms with van der Waals surface area (Å²) >= 11 is 0. The van der Waals surface area contributed by atoms with Crippen LogP contribution in [0.3, 0.4) is 0 Å². The zero-order valence-corrected chi connectivity index (χ0v) is 14.9. The zero-order chi connectivity index (χ0) is 18.5. The third-order valence-electron chi connectivity index (χ3n) is 3.70. The highest BCUT2D eigenvalue weighted by Gasteiger charge is 2.33. The van der Waals surface area contributed by atoms with Gasteiger partial charge in [-0.25, -0.2) is 13.6 Å². The van der Waals surface area contributed by atoms with Gasteiger partial charge in [-0.3, -0.25) is 0 Å². The third kappa shape index (κ3) is 3.94. The predicted molar refractivity (Wildman–Crippen MR) is 97.4 cm³/mol. The standard InChI is InChI=1S/C21H17F2O2S/c1-2-25-21(24)19-5-3-4-6-20(19)26(17-11-7-15(22)8-12-17)18-13-9-16(23)10-14-18/h3-14H,2H2,1H3/q+1. The summed E-state index contributed by atoms with van der Waals surface area (Å²) in [6, 6.07) is 19.4. The van der Waals surface area contributed by atoms with Crippen LogP contribution < -0.4 is 0 Å². The summed E-state index contributed by atoms with van der Waals surface area (Å²) in [6.07, 6.45) is 0. The number of ether oxygens (including phenoxy) is 1. The minimum Gasteiger partial charge on any atom is -0.462 e. The van der Waals surface area contributed by atoms with Crippen LogP contribution in [-0.4, -0.2) is 12.6 Å². The quantitative estimate of drug-likeness (QED) is 0.453. The summed E-state index contributed by atoms with van der Waals surface area (Å²) in [5.41, 5.74) is 0.450. The molecule has 132 valence electrons.